The van der Waals surface area contributed by atoms with Gasteiger partial charge in [-0.25, -0.2) is 13.2 Å². The molecule has 0 bridgehead atoms. The zero-order valence-corrected chi connectivity index (χ0v) is 12.4. The van der Waals surface area contributed by atoms with Crippen molar-refractivity contribution in [1.29, 1.82) is 0 Å². The van der Waals surface area contributed by atoms with E-state index in [4.69, 9.17) is 9.84 Å². The minimum Gasteiger partial charge on any atom is -0.495 e. The van der Waals surface area contributed by atoms with E-state index in [1.54, 1.807) is 6.92 Å². The van der Waals surface area contributed by atoms with E-state index in [2.05, 4.69) is 6.58 Å². The average Bonchev–Trinajstić information content (AvgIpc) is 2.36. The van der Waals surface area contributed by atoms with Crippen LogP contribution in [-0.4, -0.2) is 44.5 Å². The molecule has 0 radical (unpaired) electrons. The fourth-order valence-corrected chi connectivity index (χ4v) is 3.05. The lowest BCUT2D eigenvalue weighted by Gasteiger charge is -2.19. The van der Waals surface area contributed by atoms with Gasteiger partial charge in [0.1, 0.15) is 10.6 Å². The molecule has 7 heteroatoms. The molecule has 1 aromatic rings. The molecule has 1 N–H and O–H groups in total. The van der Waals surface area contributed by atoms with Crippen LogP contribution in [0, 0.1) is 0 Å². The summed E-state index contributed by atoms with van der Waals surface area (Å²) in [5.74, 6) is -1.10. The van der Waals surface area contributed by atoms with Crippen molar-refractivity contribution in [2.45, 2.75) is 11.8 Å². The Hall–Kier alpha value is -1.86. The fraction of sp³-hybridized carbons (Fsp3) is 0.308. The topological polar surface area (TPSA) is 83.9 Å². The number of aromatic carboxylic acids is 1. The quantitative estimate of drug-likeness (QED) is 0.806. The highest BCUT2D eigenvalue weighted by Gasteiger charge is 2.26. The average molecular weight is 299 g/mol. The Labute approximate surface area is 118 Å². The van der Waals surface area contributed by atoms with E-state index in [-0.39, 0.29) is 22.8 Å². The normalized spacial score (nSPS) is 11.4. The maximum absolute atomic E-state index is 12.4. The molecule has 1 aromatic carbocycles. The molecule has 0 spiro atoms. The molecule has 0 heterocycles. The van der Waals surface area contributed by atoms with Crippen molar-refractivity contribution in [2.75, 3.05) is 20.7 Å². The van der Waals surface area contributed by atoms with E-state index in [1.165, 1.54) is 26.3 Å². The van der Waals surface area contributed by atoms with E-state index in [9.17, 15) is 13.2 Å². The predicted octanol–water partition coefficient (Wildman–Crippen LogP) is 1.59. The lowest BCUT2D eigenvalue weighted by atomic mass is 10.2. The summed E-state index contributed by atoms with van der Waals surface area (Å²) < 4.78 is 31.0. The summed E-state index contributed by atoms with van der Waals surface area (Å²) in [4.78, 5) is 10.8. The molecule has 20 heavy (non-hydrogen) atoms. The van der Waals surface area contributed by atoms with Crippen LogP contribution < -0.4 is 4.74 Å². The highest BCUT2D eigenvalue weighted by Crippen LogP contribution is 2.27. The second-order valence-corrected chi connectivity index (χ2v) is 6.40. The molecular formula is C13H17NO5S. The first kappa shape index (κ1) is 16.2. The Morgan fingerprint density at radius 2 is 2.05 bits per heavy atom. The van der Waals surface area contributed by atoms with Crippen LogP contribution in [0.1, 0.15) is 17.3 Å². The summed E-state index contributed by atoms with van der Waals surface area (Å²) >= 11 is 0. The van der Waals surface area contributed by atoms with Crippen molar-refractivity contribution < 1.29 is 23.1 Å². The number of benzene rings is 1. The second-order valence-electron chi connectivity index (χ2n) is 4.39. The molecule has 0 fully saturated rings. The summed E-state index contributed by atoms with van der Waals surface area (Å²) in [6.07, 6.45) is 0. The van der Waals surface area contributed by atoms with Crippen LogP contribution in [0.5, 0.6) is 5.75 Å². The summed E-state index contributed by atoms with van der Waals surface area (Å²) in [5, 5.41) is 8.96. The Balaban J connectivity index is 3.38. The van der Waals surface area contributed by atoms with Gasteiger partial charge in [-0.3, -0.25) is 0 Å². The van der Waals surface area contributed by atoms with E-state index in [0.717, 1.165) is 10.4 Å². The number of sulfonamides is 1. The van der Waals surface area contributed by atoms with Crippen LogP contribution in [-0.2, 0) is 10.0 Å². The van der Waals surface area contributed by atoms with Gasteiger partial charge in [0.05, 0.1) is 12.7 Å². The van der Waals surface area contributed by atoms with E-state index in [1.807, 2.05) is 0 Å². The van der Waals surface area contributed by atoms with Crippen LogP contribution in [0.4, 0.5) is 0 Å². The van der Waals surface area contributed by atoms with Crippen LogP contribution in [0.15, 0.2) is 35.2 Å². The first-order chi connectivity index (χ1) is 9.20. The fourth-order valence-electron chi connectivity index (χ4n) is 1.64. The summed E-state index contributed by atoms with van der Waals surface area (Å²) in [6.45, 7) is 5.51. The monoisotopic (exact) mass is 299 g/mol. The van der Waals surface area contributed by atoms with Crippen molar-refractivity contribution in [1.82, 2.24) is 4.31 Å². The Kier molecular flexibility index (Phi) is 4.91. The van der Waals surface area contributed by atoms with Gasteiger partial charge >= 0.3 is 5.97 Å². The number of carboxylic acid groups (broad SMARTS) is 1. The first-order valence-corrected chi connectivity index (χ1v) is 7.16. The molecular weight excluding hydrogens is 282 g/mol. The number of hydrogen-bond donors (Lipinski definition) is 1. The smallest absolute Gasteiger partial charge is 0.335 e. The van der Waals surface area contributed by atoms with E-state index in [0.29, 0.717) is 5.57 Å². The van der Waals surface area contributed by atoms with Crippen molar-refractivity contribution in [3.05, 3.63) is 35.9 Å². The van der Waals surface area contributed by atoms with E-state index < -0.39 is 16.0 Å². The van der Waals surface area contributed by atoms with Crippen LogP contribution in [0.3, 0.4) is 0 Å². The lowest BCUT2D eigenvalue weighted by Crippen LogP contribution is -2.29. The SMILES string of the molecule is C=C(C)CN(C)S(=O)(=O)c1cc(C(=O)O)ccc1OC. The zero-order valence-electron chi connectivity index (χ0n) is 11.6. The van der Waals surface area contributed by atoms with Crippen molar-refractivity contribution in [3.63, 3.8) is 0 Å². The molecule has 110 valence electrons. The standard InChI is InChI=1S/C13H17NO5S/c1-9(2)8-14(3)20(17,18)12-7-10(13(15)16)5-6-11(12)19-4/h5-7H,1,8H2,2-4H3,(H,15,16). The highest BCUT2D eigenvalue weighted by molar-refractivity contribution is 7.89. The third-order valence-corrected chi connectivity index (χ3v) is 4.42. The molecule has 0 saturated heterocycles. The number of likely N-dealkylation sites (N-methyl/N-ethyl adjacent to an activating group) is 1. The van der Waals surface area contributed by atoms with Gasteiger partial charge in [0, 0.05) is 13.6 Å². The van der Waals surface area contributed by atoms with Gasteiger partial charge in [-0.15, -0.1) is 0 Å². The van der Waals surface area contributed by atoms with Crippen molar-refractivity contribution >= 4 is 16.0 Å². The summed E-state index contributed by atoms with van der Waals surface area (Å²) in [6, 6.07) is 3.70. The Bertz CT molecular complexity index is 636. The van der Waals surface area contributed by atoms with Gasteiger partial charge in [-0.2, -0.15) is 4.31 Å². The summed E-state index contributed by atoms with van der Waals surface area (Å²) in [7, 11) is -1.12. The number of ether oxygens (including phenoxy) is 1. The summed E-state index contributed by atoms with van der Waals surface area (Å²) in [5.41, 5.74) is 0.553. The molecule has 0 aromatic heterocycles. The molecule has 0 unspecified atom stereocenters. The molecule has 0 aliphatic heterocycles. The number of methoxy groups -OCH3 is 1. The van der Waals surface area contributed by atoms with Crippen LogP contribution >= 0.6 is 0 Å². The van der Waals surface area contributed by atoms with Crippen molar-refractivity contribution in [2.24, 2.45) is 0 Å². The van der Waals surface area contributed by atoms with Crippen molar-refractivity contribution in [3.8, 4) is 5.75 Å². The lowest BCUT2D eigenvalue weighted by molar-refractivity contribution is 0.0696. The third kappa shape index (κ3) is 3.37. The van der Waals surface area contributed by atoms with Gasteiger partial charge in [0.25, 0.3) is 0 Å². The van der Waals surface area contributed by atoms with Gasteiger partial charge < -0.3 is 9.84 Å². The van der Waals surface area contributed by atoms with Gasteiger partial charge in [0.15, 0.2) is 0 Å². The Morgan fingerprint density at radius 3 is 2.50 bits per heavy atom. The van der Waals surface area contributed by atoms with Gasteiger partial charge in [0.2, 0.25) is 10.0 Å². The van der Waals surface area contributed by atoms with Crippen LogP contribution in [0.2, 0.25) is 0 Å². The maximum Gasteiger partial charge on any atom is 0.335 e. The van der Waals surface area contributed by atoms with Gasteiger partial charge in [-0.1, -0.05) is 12.2 Å². The third-order valence-electron chi connectivity index (χ3n) is 2.59. The minimum atomic E-state index is -3.85. The van der Waals surface area contributed by atoms with Crippen LogP contribution in [0.25, 0.3) is 0 Å². The minimum absolute atomic E-state index is 0.101. The highest BCUT2D eigenvalue weighted by atomic mass is 32.2. The first-order valence-electron chi connectivity index (χ1n) is 5.72. The molecule has 0 atom stereocenters. The largest absolute Gasteiger partial charge is 0.495 e. The molecule has 0 aliphatic rings. The molecule has 0 saturated carbocycles. The second kappa shape index (κ2) is 6.06. The molecule has 0 amide bonds. The van der Waals surface area contributed by atoms with E-state index >= 15 is 0 Å². The number of hydrogen-bond acceptors (Lipinski definition) is 4. The number of nitrogens with zero attached hydrogens (tertiary/aromatic N) is 1. The molecule has 6 nitrogen and oxygen atoms in total. The number of carbonyl (C=O) groups is 1. The molecule has 0 aliphatic carbocycles. The number of rotatable bonds is 6. The predicted molar refractivity (Wildman–Crippen MR) is 74.6 cm³/mol. The number of carboxylic acids is 1. The van der Waals surface area contributed by atoms with Gasteiger partial charge in [-0.05, 0) is 25.1 Å². The maximum atomic E-state index is 12.4. The zero-order chi connectivity index (χ0) is 15.5. The Morgan fingerprint density at radius 1 is 1.45 bits per heavy atom. The molecule has 1 rings (SSSR count).